The fraction of sp³-hybridized carbons (Fsp3) is 0.300. The summed E-state index contributed by atoms with van der Waals surface area (Å²) >= 11 is 6.33. The van der Waals surface area contributed by atoms with Crippen LogP contribution in [0.25, 0.3) is 11.0 Å². The van der Waals surface area contributed by atoms with Crippen molar-refractivity contribution in [2.45, 2.75) is 25.2 Å². The van der Waals surface area contributed by atoms with Gasteiger partial charge in [-0.05, 0) is 37.5 Å². The zero-order chi connectivity index (χ0) is 20.1. The number of amides is 1. The first kappa shape index (κ1) is 18.4. The Labute approximate surface area is 165 Å². The highest BCUT2D eigenvalue weighted by atomic mass is 35.5. The zero-order valence-electron chi connectivity index (χ0n) is 15.5. The summed E-state index contributed by atoms with van der Waals surface area (Å²) in [6.45, 7) is 2.14. The second kappa shape index (κ2) is 6.60. The number of carbonyl (C=O) groups is 1. The first-order valence-corrected chi connectivity index (χ1v) is 9.34. The summed E-state index contributed by atoms with van der Waals surface area (Å²) in [6, 6.07) is 9.20. The number of nitrogens with zero attached hydrogens (tertiary/aromatic N) is 2. The predicted octanol–water partition coefficient (Wildman–Crippen LogP) is 2.05. The van der Waals surface area contributed by atoms with Gasteiger partial charge in [0.25, 0.3) is 11.5 Å². The third-order valence-corrected chi connectivity index (χ3v) is 5.66. The molecule has 1 aromatic carbocycles. The van der Waals surface area contributed by atoms with Gasteiger partial charge >= 0.3 is 5.69 Å². The highest BCUT2D eigenvalue weighted by molar-refractivity contribution is 6.31. The van der Waals surface area contributed by atoms with Crippen molar-refractivity contribution in [1.82, 2.24) is 19.9 Å². The second-order valence-corrected chi connectivity index (χ2v) is 7.68. The van der Waals surface area contributed by atoms with Gasteiger partial charge in [0.1, 0.15) is 5.65 Å². The van der Waals surface area contributed by atoms with Gasteiger partial charge in [-0.1, -0.05) is 29.8 Å². The van der Waals surface area contributed by atoms with Crippen molar-refractivity contribution >= 4 is 28.5 Å². The Balaban J connectivity index is 1.69. The number of H-pyrrole nitrogens is 1. The highest BCUT2D eigenvalue weighted by Gasteiger charge is 2.45. The molecule has 4 rings (SSSR count). The van der Waals surface area contributed by atoms with E-state index in [-0.39, 0.29) is 27.9 Å². The Morgan fingerprint density at radius 1 is 1.32 bits per heavy atom. The number of hydrogen-bond acceptors (Lipinski definition) is 4. The number of aromatic amines is 1. The van der Waals surface area contributed by atoms with Crippen LogP contribution in [0.2, 0.25) is 5.02 Å². The maximum absolute atomic E-state index is 12.9. The molecule has 0 aliphatic heterocycles. The average molecular weight is 399 g/mol. The summed E-state index contributed by atoms with van der Waals surface area (Å²) < 4.78 is 1.23. The molecule has 7 nitrogen and oxygen atoms in total. The van der Waals surface area contributed by atoms with Gasteiger partial charge in [0, 0.05) is 29.7 Å². The molecular formula is C20H19ClN4O3. The van der Waals surface area contributed by atoms with Gasteiger partial charge in [-0.2, -0.15) is 0 Å². The smallest absolute Gasteiger partial charge is 0.329 e. The Morgan fingerprint density at radius 3 is 2.71 bits per heavy atom. The van der Waals surface area contributed by atoms with Crippen LogP contribution in [0, 0.1) is 6.92 Å². The molecule has 1 saturated carbocycles. The molecule has 1 aliphatic carbocycles. The number of nitrogens with one attached hydrogen (secondary N) is 2. The molecule has 3 aromatic rings. The lowest BCUT2D eigenvalue weighted by Gasteiger charge is -2.18. The number of benzene rings is 1. The minimum Gasteiger partial charge on any atom is -0.351 e. The molecule has 1 fully saturated rings. The van der Waals surface area contributed by atoms with E-state index in [9.17, 15) is 14.4 Å². The lowest BCUT2D eigenvalue weighted by molar-refractivity contribution is 0.0951. The normalized spacial score (nSPS) is 14.8. The van der Waals surface area contributed by atoms with Crippen LogP contribution in [0.1, 0.15) is 34.5 Å². The van der Waals surface area contributed by atoms with Crippen LogP contribution in [0.4, 0.5) is 0 Å². The maximum atomic E-state index is 12.9. The Kier molecular flexibility index (Phi) is 4.34. The van der Waals surface area contributed by atoms with Gasteiger partial charge in [-0.3, -0.25) is 19.1 Å². The Hall–Kier alpha value is -2.93. The summed E-state index contributed by atoms with van der Waals surface area (Å²) in [5.41, 5.74) is 0.588. The van der Waals surface area contributed by atoms with E-state index >= 15 is 0 Å². The number of halogens is 1. The van der Waals surface area contributed by atoms with E-state index in [1.54, 1.807) is 13.0 Å². The molecule has 144 valence electrons. The van der Waals surface area contributed by atoms with Gasteiger partial charge in [0.05, 0.1) is 10.9 Å². The summed E-state index contributed by atoms with van der Waals surface area (Å²) in [5.74, 6) is -0.377. The van der Waals surface area contributed by atoms with Crippen LogP contribution in [0.5, 0.6) is 0 Å². The number of aryl methyl sites for hydroxylation is 2. The summed E-state index contributed by atoms with van der Waals surface area (Å²) in [7, 11) is 1.51. The van der Waals surface area contributed by atoms with Crippen molar-refractivity contribution in [2.24, 2.45) is 7.05 Å². The van der Waals surface area contributed by atoms with E-state index in [2.05, 4.69) is 15.3 Å². The van der Waals surface area contributed by atoms with Crippen molar-refractivity contribution in [3.05, 3.63) is 73.0 Å². The average Bonchev–Trinajstić information content (AvgIpc) is 3.45. The molecule has 28 heavy (non-hydrogen) atoms. The van der Waals surface area contributed by atoms with E-state index < -0.39 is 11.2 Å². The standard InChI is InChI=1S/C20H19ClN4O3/c1-11-9-12(15-16(23-11)25(2)19(28)24-18(15)27)17(26)22-10-20(7-8-20)13-5-3-4-6-14(13)21/h3-6,9H,7-8,10H2,1-2H3,(H,22,26)(H,24,27,28). The van der Waals surface area contributed by atoms with E-state index in [4.69, 9.17) is 11.6 Å². The van der Waals surface area contributed by atoms with Gasteiger partial charge < -0.3 is 5.32 Å². The molecular weight excluding hydrogens is 380 g/mol. The molecule has 0 bridgehead atoms. The van der Waals surface area contributed by atoms with Gasteiger partial charge in [0.2, 0.25) is 0 Å². The molecule has 0 unspecified atom stereocenters. The third kappa shape index (κ3) is 3.01. The van der Waals surface area contributed by atoms with Crippen molar-refractivity contribution in [1.29, 1.82) is 0 Å². The monoisotopic (exact) mass is 398 g/mol. The number of fused-ring (bicyclic) bond motifs is 1. The number of aromatic nitrogens is 3. The fourth-order valence-corrected chi connectivity index (χ4v) is 3.91. The third-order valence-electron chi connectivity index (χ3n) is 5.33. The number of pyridine rings is 1. The molecule has 1 amide bonds. The molecule has 0 spiro atoms. The minimum absolute atomic E-state index is 0.104. The number of rotatable bonds is 4. The van der Waals surface area contributed by atoms with Crippen LogP contribution in [0.3, 0.4) is 0 Å². The first-order chi connectivity index (χ1) is 13.3. The number of hydrogen-bond donors (Lipinski definition) is 2. The largest absolute Gasteiger partial charge is 0.351 e. The van der Waals surface area contributed by atoms with Crippen molar-refractivity contribution in [3.63, 3.8) is 0 Å². The summed E-state index contributed by atoms with van der Waals surface area (Å²) in [6.07, 6.45) is 1.87. The SMILES string of the molecule is Cc1cc(C(=O)NCC2(c3ccccc3Cl)CC2)c2c(=O)[nH]c(=O)n(C)c2n1. The molecule has 0 saturated heterocycles. The molecule has 2 heterocycles. The van der Waals surface area contributed by atoms with E-state index in [0.717, 1.165) is 18.4 Å². The molecule has 0 atom stereocenters. The second-order valence-electron chi connectivity index (χ2n) is 7.27. The minimum atomic E-state index is -0.622. The lowest BCUT2D eigenvalue weighted by atomic mass is 9.95. The van der Waals surface area contributed by atoms with E-state index in [1.807, 2.05) is 24.3 Å². The Bertz CT molecular complexity index is 1220. The molecule has 2 aromatic heterocycles. The Morgan fingerprint density at radius 2 is 2.04 bits per heavy atom. The van der Waals surface area contributed by atoms with Crippen molar-refractivity contribution in [2.75, 3.05) is 6.54 Å². The molecule has 0 radical (unpaired) electrons. The van der Waals surface area contributed by atoms with E-state index in [0.29, 0.717) is 17.3 Å². The van der Waals surface area contributed by atoms with Crippen LogP contribution in [-0.4, -0.2) is 27.0 Å². The first-order valence-electron chi connectivity index (χ1n) is 8.96. The topological polar surface area (TPSA) is 96.9 Å². The molecule has 8 heteroatoms. The van der Waals surface area contributed by atoms with Crippen LogP contribution in [0.15, 0.2) is 39.9 Å². The lowest BCUT2D eigenvalue weighted by Crippen LogP contribution is -2.35. The fourth-order valence-electron chi connectivity index (χ4n) is 3.57. The zero-order valence-corrected chi connectivity index (χ0v) is 16.3. The summed E-state index contributed by atoms with van der Waals surface area (Å²) in [5, 5.41) is 3.73. The quantitative estimate of drug-likeness (QED) is 0.702. The predicted molar refractivity (Wildman–Crippen MR) is 107 cm³/mol. The van der Waals surface area contributed by atoms with Gasteiger partial charge in [-0.15, -0.1) is 0 Å². The van der Waals surface area contributed by atoms with Crippen molar-refractivity contribution in [3.8, 4) is 0 Å². The molecule has 2 N–H and O–H groups in total. The van der Waals surface area contributed by atoms with Crippen LogP contribution < -0.4 is 16.6 Å². The van der Waals surface area contributed by atoms with Gasteiger partial charge in [0.15, 0.2) is 0 Å². The number of carbonyl (C=O) groups excluding carboxylic acids is 1. The van der Waals surface area contributed by atoms with E-state index in [1.165, 1.54) is 11.6 Å². The maximum Gasteiger partial charge on any atom is 0.329 e. The summed E-state index contributed by atoms with van der Waals surface area (Å²) in [4.78, 5) is 43.6. The van der Waals surface area contributed by atoms with Crippen molar-refractivity contribution < 1.29 is 4.79 Å². The highest BCUT2D eigenvalue weighted by Crippen LogP contribution is 2.49. The van der Waals surface area contributed by atoms with Crippen LogP contribution >= 0.6 is 11.6 Å². The molecule has 1 aliphatic rings. The van der Waals surface area contributed by atoms with Crippen LogP contribution in [-0.2, 0) is 12.5 Å². The van der Waals surface area contributed by atoms with Gasteiger partial charge in [-0.25, -0.2) is 9.78 Å².